The number of nitrogens with zero attached hydrogens (tertiary/aromatic N) is 4. The first-order valence-electron chi connectivity index (χ1n) is 12.3. The highest BCUT2D eigenvalue weighted by Crippen LogP contribution is 2.37. The average Bonchev–Trinajstić information content (AvgIpc) is 2.85. The maximum absolute atomic E-state index is 13.3. The van der Waals surface area contributed by atoms with Crippen molar-refractivity contribution in [3.05, 3.63) is 16.8 Å². The minimum atomic E-state index is -4.68. The van der Waals surface area contributed by atoms with Crippen molar-refractivity contribution in [2.75, 3.05) is 56.2 Å². The summed E-state index contributed by atoms with van der Waals surface area (Å²) in [6.45, 7) is 4.50. The molecular formula is C23H31ClF3N7O4. The Labute approximate surface area is 222 Å². The Bertz CT molecular complexity index is 1090. The van der Waals surface area contributed by atoms with Crippen LogP contribution in [0.2, 0.25) is 5.15 Å². The number of fused-ring (bicyclic) bond motifs is 3. The highest BCUT2D eigenvalue weighted by atomic mass is 35.5. The van der Waals surface area contributed by atoms with E-state index >= 15 is 0 Å². The SMILES string of the molecule is Cc1cc2c(nc1Cl)N1CCN(C(=O)CCOC[C@H](C)NC3CNNC(=O)C3C(F)(F)F)C[C@@H]1C(=O)N2C. The van der Waals surface area contributed by atoms with E-state index in [0.717, 1.165) is 5.56 Å². The third-order valence-electron chi connectivity index (χ3n) is 6.99. The van der Waals surface area contributed by atoms with Gasteiger partial charge in [-0.15, -0.1) is 0 Å². The molecule has 0 saturated carbocycles. The number of carbonyl (C=O) groups excluding carboxylic acids is 3. The summed E-state index contributed by atoms with van der Waals surface area (Å²) in [6.07, 6.45) is -4.62. The molecule has 2 unspecified atom stereocenters. The minimum Gasteiger partial charge on any atom is -0.379 e. The number of anilines is 2. The third kappa shape index (κ3) is 5.82. The van der Waals surface area contributed by atoms with Gasteiger partial charge in [-0.1, -0.05) is 11.6 Å². The van der Waals surface area contributed by atoms with Crippen LogP contribution in [-0.4, -0.2) is 98.3 Å². The van der Waals surface area contributed by atoms with Gasteiger partial charge in [-0.2, -0.15) is 13.2 Å². The number of aryl methyl sites for hydroxylation is 1. The lowest BCUT2D eigenvalue weighted by atomic mass is 9.96. The summed E-state index contributed by atoms with van der Waals surface area (Å²) in [6, 6.07) is -0.393. The molecule has 0 aromatic carbocycles. The molecule has 3 amide bonds. The van der Waals surface area contributed by atoms with Gasteiger partial charge in [0.1, 0.15) is 11.2 Å². The van der Waals surface area contributed by atoms with E-state index in [1.807, 2.05) is 23.3 Å². The zero-order valence-electron chi connectivity index (χ0n) is 21.3. The van der Waals surface area contributed by atoms with Crippen LogP contribution in [0.1, 0.15) is 18.9 Å². The van der Waals surface area contributed by atoms with Gasteiger partial charge in [-0.25, -0.2) is 10.4 Å². The Balaban J connectivity index is 1.26. The Morgan fingerprint density at radius 2 is 2.08 bits per heavy atom. The summed E-state index contributed by atoms with van der Waals surface area (Å²) in [5.74, 6) is -3.03. The molecule has 210 valence electrons. The van der Waals surface area contributed by atoms with Crippen molar-refractivity contribution in [1.29, 1.82) is 0 Å². The summed E-state index contributed by atoms with van der Waals surface area (Å²) in [7, 11) is 1.67. The Morgan fingerprint density at radius 1 is 1.34 bits per heavy atom. The molecule has 2 saturated heterocycles. The van der Waals surface area contributed by atoms with Crippen LogP contribution in [0.5, 0.6) is 0 Å². The highest BCUT2D eigenvalue weighted by Gasteiger charge is 2.51. The molecule has 1 aromatic heterocycles. The number of alkyl halides is 3. The van der Waals surface area contributed by atoms with Crippen molar-refractivity contribution in [1.82, 2.24) is 26.1 Å². The number of piperazine rings is 1. The zero-order chi connectivity index (χ0) is 27.8. The van der Waals surface area contributed by atoms with Crippen molar-refractivity contribution < 1.29 is 32.3 Å². The van der Waals surface area contributed by atoms with Crippen LogP contribution in [0.15, 0.2) is 6.07 Å². The van der Waals surface area contributed by atoms with Crippen LogP contribution >= 0.6 is 11.6 Å². The summed E-state index contributed by atoms with van der Waals surface area (Å²) in [5, 5.41) is 3.15. The van der Waals surface area contributed by atoms with Crippen LogP contribution in [0, 0.1) is 12.8 Å². The molecule has 4 heterocycles. The standard InChI is InChI=1S/C23H31ClF3N7O4/c1-12-8-15-20(30-19(12)24)34-6-5-33(10-16(34)22(37)32(15)3)17(35)4-7-38-11-13(2)29-14-9-28-31-21(36)18(14)23(25,26)27/h8,13-14,16,18,28-29H,4-7,9-11H2,1-3H3,(H,31,36)/t13-,14?,16+,18?/m0/s1. The van der Waals surface area contributed by atoms with Crippen LogP contribution in [0.3, 0.4) is 0 Å². The maximum Gasteiger partial charge on any atom is 0.402 e. The summed E-state index contributed by atoms with van der Waals surface area (Å²) < 4.78 is 45.4. The van der Waals surface area contributed by atoms with Gasteiger partial charge in [-0.05, 0) is 25.5 Å². The molecule has 0 aliphatic carbocycles. The van der Waals surface area contributed by atoms with E-state index in [2.05, 4.69) is 15.7 Å². The molecule has 2 fully saturated rings. The van der Waals surface area contributed by atoms with E-state index in [-0.39, 0.29) is 44.5 Å². The first-order chi connectivity index (χ1) is 17.9. The van der Waals surface area contributed by atoms with Gasteiger partial charge >= 0.3 is 6.18 Å². The highest BCUT2D eigenvalue weighted by molar-refractivity contribution is 6.30. The molecule has 0 spiro atoms. The van der Waals surface area contributed by atoms with Crippen LogP contribution in [-0.2, 0) is 19.1 Å². The molecule has 0 radical (unpaired) electrons. The summed E-state index contributed by atoms with van der Waals surface area (Å²) >= 11 is 6.23. The molecule has 4 rings (SSSR count). The number of nitrogens with one attached hydrogen (secondary N) is 3. The minimum absolute atomic E-state index is 0.0539. The van der Waals surface area contributed by atoms with E-state index in [1.54, 1.807) is 18.9 Å². The number of hydrogen-bond donors (Lipinski definition) is 3. The number of hydrazine groups is 1. The number of hydrogen-bond acceptors (Lipinski definition) is 8. The maximum atomic E-state index is 13.3. The third-order valence-corrected chi connectivity index (χ3v) is 7.37. The summed E-state index contributed by atoms with van der Waals surface area (Å²) in [4.78, 5) is 47.1. The average molecular weight is 562 g/mol. The Morgan fingerprint density at radius 3 is 2.79 bits per heavy atom. The quantitative estimate of drug-likeness (QED) is 0.327. The van der Waals surface area contributed by atoms with Gasteiger partial charge in [0.25, 0.3) is 5.91 Å². The molecule has 11 nitrogen and oxygen atoms in total. The molecule has 38 heavy (non-hydrogen) atoms. The number of rotatable bonds is 7. The van der Waals surface area contributed by atoms with Crippen molar-refractivity contribution in [2.45, 2.75) is 44.6 Å². The number of amides is 3. The molecule has 0 bridgehead atoms. The number of pyridine rings is 1. The molecule has 3 aliphatic rings. The van der Waals surface area contributed by atoms with Crippen LogP contribution < -0.4 is 26.0 Å². The number of ether oxygens (including phenoxy) is 1. The molecule has 1 aromatic rings. The lowest BCUT2D eigenvalue weighted by Gasteiger charge is -2.46. The Kier molecular flexibility index (Phi) is 8.35. The van der Waals surface area contributed by atoms with E-state index < -0.39 is 36.1 Å². The van der Waals surface area contributed by atoms with Gasteiger partial charge in [0, 0.05) is 38.8 Å². The first-order valence-corrected chi connectivity index (χ1v) is 12.7. The predicted molar refractivity (Wildman–Crippen MR) is 133 cm³/mol. The van der Waals surface area contributed by atoms with Crippen molar-refractivity contribution in [3.63, 3.8) is 0 Å². The zero-order valence-corrected chi connectivity index (χ0v) is 22.0. The van der Waals surface area contributed by atoms with Crippen LogP contribution in [0.25, 0.3) is 0 Å². The van der Waals surface area contributed by atoms with E-state index in [1.165, 1.54) is 4.90 Å². The largest absolute Gasteiger partial charge is 0.402 e. The number of likely N-dealkylation sites (N-methyl/N-ethyl adjacent to an activating group) is 1. The van der Waals surface area contributed by atoms with E-state index in [4.69, 9.17) is 16.3 Å². The van der Waals surface area contributed by atoms with E-state index in [0.29, 0.717) is 29.7 Å². The molecule has 15 heteroatoms. The summed E-state index contributed by atoms with van der Waals surface area (Å²) in [5.41, 5.74) is 5.91. The molecular weight excluding hydrogens is 531 g/mol. The second-order valence-corrected chi connectivity index (χ2v) is 10.1. The van der Waals surface area contributed by atoms with Crippen molar-refractivity contribution >= 4 is 40.8 Å². The van der Waals surface area contributed by atoms with Gasteiger partial charge in [0.2, 0.25) is 11.8 Å². The van der Waals surface area contributed by atoms with Crippen molar-refractivity contribution in [2.24, 2.45) is 5.92 Å². The van der Waals surface area contributed by atoms with Gasteiger partial charge < -0.3 is 24.8 Å². The Hall–Kier alpha value is -2.68. The smallest absolute Gasteiger partial charge is 0.379 e. The fraction of sp³-hybridized carbons (Fsp3) is 0.652. The normalized spacial score (nSPS) is 24.6. The van der Waals surface area contributed by atoms with Crippen molar-refractivity contribution in [3.8, 4) is 0 Å². The topological polar surface area (TPSA) is 119 Å². The predicted octanol–water partition coefficient (Wildman–Crippen LogP) is 0.603. The number of aromatic nitrogens is 1. The van der Waals surface area contributed by atoms with Gasteiger partial charge in [0.15, 0.2) is 11.7 Å². The number of carbonyl (C=O) groups is 3. The lowest BCUT2D eigenvalue weighted by Crippen LogP contribution is -2.65. The second-order valence-electron chi connectivity index (χ2n) is 9.77. The van der Waals surface area contributed by atoms with Crippen LogP contribution in [0.4, 0.5) is 24.7 Å². The molecule has 4 atom stereocenters. The van der Waals surface area contributed by atoms with Gasteiger partial charge in [-0.3, -0.25) is 19.8 Å². The fourth-order valence-electron chi connectivity index (χ4n) is 4.99. The van der Waals surface area contributed by atoms with Gasteiger partial charge in [0.05, 0.1) is 31.9 Å². The lowest BCUT2D eigenvalue weighted by molar-refractivity contribution is -0.193. The monoisotopic (exact) mass is 561 g/mol. The first kappa shape index (κ1) is 28.3. The van der Waals surface area contributed by atoms with E-state index in [9.17, 15) is 27.6 Å². The molecule has 3 N–H and O–H groups in total. The molecule has 3 aliphatic heterocycles. The fourth-order valence-corrected chi connectivity index (χ4v) is 5.13. The number of halogens is 4. The second kappa shape index (κ2) is 11.2.